The van der Waals surface area contributed by atoms with Gasteiger partial charge in [0.2, 0.25) is 0 Å². The van der Waals surface area contributed by atoms with Crippen LogP contribution in [-0.2, 0) is 0 Å². The molecule has 0 saturated carbocycles. The van der Waals surface area contributed by atoms with Gasteiger partial charge in [0, 0.05) is 29.7 Å². The molecule has 1 aliphatic heterocycles. The first-order valence-corrected chi connectivity index (χ1v) is 7.25. The highest BCUT2D eigenvalue weighted by molar-refractivity contribution is 6.35. The summed E-state index contributed by atoms with van der Waals surface area (Å²) in [4.78, 5) is 0. The molecule has 1 N–H and O–H groups in total. The number of fused-ring (bicyclic) bond motifs is 1. The quantitative estimate of drug-likeness (QED) is 0.866. The molecule has 0 fully saturated rings. The Kier molecular flexibility index (Phi) is 3.38. The lowest BCUT2D eigenvalue weighted by atomic mass is 10.0. The minimum atomic E-state index is 0.410. The van der Waals surface area contributed by atoms with Gasteiger partial charge in [-0.2, -0.15) is 0 Å². The van der Waals surface area contributed by atoms with E-state index in [1.54, 1.807) is 0 Å². The van der Waals surface area contributed by atoms with E-state index in [0.29, 0.717) is 6.04 Å². The van der Waals surface area contributed by atoms with E-state index < -0.39 is 0 Å². The molecule has 2 nitrogen and oxygen atoms in total. The molecule has 0 aliphatic carbocycles. The van der Waals surface area contributed by atoms with Crippen molar-refractivity contribution in [1.29, 1.82) is 0 Å². The first-order valence-electron chi connectivity index (χ1n) is 6.87. The van der Waals surface area contributed by atoms with Crippen molar-refractivity contribution in [2.45, 2.75) is 26.3 Å². The standard InChI is InChI=1S/C16H19ClN2/c1-11(2)19-10-14(12-5-4-8-18-9-12)13-6-3-7-15(17)16(13)19/h3,5-7,10-11,18H,4,8-9H2,1-2H3. The van der Waals surface area contributed by atoms with Gasteiger partial charge < -0.3 is 9.88 Å². The normalized spacial score (nSPS) is 16.1. The Labute approximate surface area is 119 Å². The molecule has 1 aromatic carbocycles. The van der Waals surface area contributed by atoms with Crippen molar-refractivity contribution < 1.29 is 0 Å². The number of aromatic nitrogens is 1. The summed E-state index contributed by atoms with van der Waals surface area (Å²) in [7, 11) is 0. The van der Waals surface area contributed by atoms with E-state index in [9.17, 15) is 0 Å². The second-order valence-electron chi connectivity index (χ2n) is 5.37. The van der Waals surface area contributed by atoms with Crippen LogP contribution in [0, 0.1) is 0 Å². The molecule has 0 saturated heterocycles. The third kappa shape index (κ3) is 2.19. The Bertz CT molecular complexity index is 637. The van der Waals surface area contributed by atoms with Crippen LogP contribution in [0.3, 0.4) is 0 Å². The lowest BCUT2D eigenvalue weighted by molar-refractivity contribution is 0.622. The monoisotopic (exact) mass is 274 g/mol. The van der Waals surface area contributed by atoms with Crippen LogP contribution < -0.4 is 5.32 Å². The maximum Gasteiger partial charge on any atom is 0.0678 e. The second-order valence-corrected chi connectivity index (χ2v) is 5.78. The van der Waals surface area contributed by atoms with Crippen LogP contribution in [0.4, 0.5) is 0 Å². The lowest BCUT2D eigenvalue weighted by Crippen LogP contribution is -2.21. The van der Waals surface area contributed by atoms with Gasteiger partial charge in [0.05, 0.1) is 10.5 Å². The van der Waals surface area contributed by atoms with Gasteiger partial charge >= 0.3 is 0 Å². The predicted molar refractivity (Wildman–Crippen MR) is 82.8 cm³/mol. The first kappa shape index (κ1) is 12.8. The average Bonchev–Trinajstić information content (AvgIpc) is 2.81. The summed E-state index contributed by atoms with van der Waals surface area (Å²) in [6.07, 6.45) is 5.70. The number of nitrogens with one attached hydrogen (secondary N) is 1. The van der Waals surface area contributed by atoms with Crippen molar-refractivity contribution in [1.82, 2.24) is 9.88 Å². The van der Waals surface area contributed by atoms with E-state index in [-0.39, 0.29) is 0 Å². The topological polar surface area (TPSA) is 17.0 Å². The van der Waals surface area contributed by atoms with E-state index in [0.717, 1.165) is 30.0 Å². The summed E-state index contributed by atoms with van der Waals surface area (Å²) in [5.74, 6) is 0. The number of halogens is 1. The van der Waals surface area contributed by atoms with Gasteiger partial charge in [0.1, 0.15) is 0 Å². The molecular formula is C16H19ClN2. The maximum atomic E-state index is 6.40. The third-order valence-corrected chi connectivity index (χ3v) is 4.04. The molecule has 3 heteroatoms. The maximum absolute atomic E-state index is 6.40. The molecule has 0 atom stereocenters. The van der Waals surface area contributed by atoms with Gasteiger partial charge in [0.25, 0.3) is 0 Å². The molecule has 0 radical (unpaired) electrons. The van der Waals surface area contributed by atoms with E-state index in [1.165, 1.54) is 16.5 Å². The zero-order valence-corrected chi connectivity index (χ0v) is 12.2. The summed E-state index contributed by atoms with van der Waals surface area (Å²) in [5.41, 5.74) is 3.86. The van der Waals surface area contributed by atoms with Gasteiger partial charge in [-0.15, -0.1) is 0 Å². The van der Waals surface area contributed by atoms with Gasteiger partial charge in [0.15, 0.2) is 0 Å². The molecule has 1 aromatic heterocycles. The summed E-state index contributed by atoms with van der Waals surface area (Å²) < 4.78 is 2.28. The van der Waals surface area contributed by atoms with E-state index in [4.69, 9.17) is 11.6 Å². The van der Waals surface area contributed by atoms with Crippen LogP contribution in [0.1, 0.15) is 31.9 Å². The van der Waals surface area contributed by atoms with Crippen LogP contribution in [0.5, 0.6) is 0 Å². The Hall–Kier alpha value is -1.25. The zero-order chi connectivity index (χ0) is 13.4. The van der Waals surface area contributed by atoms with Crippen molar-refractivity contribution in [2.75, 3.05) is 13.1 Å². The summed E-state index contributed by atoms with van der Waals surface area (Å²) >= 11 is 6.40. The molecule has 100 valence electrons. The van der Waals surface area contributed by atoms with Crippen molar-refractivity contribution in [3.05, 3.63) is 41.1 Å². The van der Waals surface area contributed by atoms with Gasteiger partial charge in [-0.1, -0.05) is 29.8 Å². The molecule has 2 heterocycles. The summed E-state index contributed by atoms with van der Waals surface area (Å²) in [5, 5.41) is 5.54. The SMILES string of the molecule is CC(C)n1cc(C2=CCCNC2)c2cccc(Cl)c21. The molecule has 1 aliphatic rings. The van der Waals surface area contributed by atoms with Crippen molar-refractivity contribution >= 4 is 28.1 Å². The Morgan fingerprint density at radius 2 is 2.16 bits per heavy atom. The summed E-state index contributed by atoms with van der Waals surface area (Å²) in [6, 6.07) is 6.59. The molecule has 2 aromatic rings. The van der Waals surface area contributed by atoms with Crippen LogP contribution in [0.15, 0.2) is 30.5 Å². The highest BCUT2D eigenvalue weighted by Gasteiger charge is 2.16. The van der Waals surface area contributed by atoms with E-state index in [1.807, 2.05) is 12.1 Å². The number of hydrogen-bond acceptors (Lipinski definition) is 1. The van der Waals surface area contributed by atoms with Gasteiger partial charge in [-0.3, -0.25) is 0 Å². The van der Waals surface area contributed by atoms with Crippen LogP contribution in [-0.4, -0.2) is 17.7 Å². The highest BCUT2D eigenvalue weighted by atomic mass is 35.5. The fourth-order valence-electron chi connectivity index (χ4n) is 2.78. The van der Waals surface area contributed by atoms with Crippen LogP contribution in [0.25, 0.3) is 16.5 Å². The smallest absolute Gasteiger partial charge is 0.0678 e. The van der Waals surface area contributed by atoms with Crippen molar-refractivity contribution in [3.8, 4) is 0 Å². The number of hydrogen-bond donors (Lipinski definition) is 1. The molecule has 0 amide bonds. The van der Waals surface area contributed by atoms with E-state index in [2.05, 4.69) is 42.1 Å². The number of para-hydroxylation sites is 1. The average molecular weight is 275 g/mol. The van der Waals surface area contributed by atoms with E-state index >= 15 is 0 Å². The van der Waals surface area contributed by atoms with Crippen LogP contribution >= 0.6 is 11.6 Å². The van der Waals surface area contributed by atoms with Crippen molar-refractivity contribution in [2.24, 2.45) is 0 Å². The predicted octanol–water partition coefficient (Wildman–Crippen LogP) is 4.25. The van der Waals surface area contributed by atoms with Crippen molar-refractivity contribution in [3.63, 3.8) is 0 Å². The van der Waals surface area contributed by atoms with Gasteiger partial charge in [-0.05, 0) is 38.5 Å². The fraction of sp³-hybridized carbons (Fsp3) is 0.375. The lowest BCUT2D eigenvalue weighted by Gasteiger charge is -2.13. The fourth-order valence-corrected chi connectivity index (χ4v) is 3.05. The molecular weight excluding hydrogens is 256 g/mol. The first-order chi connectivity index (χ1) is 9.18. The Morgan fingerprint density at radius 3 is 2.84 bits per heavy atom. The molecule has 0 bridgehead atoms. The Morgan fingerprint density at radius 1 is 1.32 bits per heavy atom. The molecule has 0 unspecified atom stereocenters. The highest BCUT2D eigenvalue weighted by Crippen LogP contribution is 2.34. The Balaban J connectivity index is 2.25. The zero-order valence-electron chi connectivity index (χ0n) is 11.4. The molecule has 0 spiro atoms. The number of benzene rings is 1. The summed E-state index contributed by atoms with van der Waals surface area (Å²) in [6.45, 7) is 6.41. The number of rotatable bonds is 2. The second kappa shape index (κ2) is 5.03. The van der Waals surface area contributed by atoms with Crippen LogP contribution in [0.2, 0.25) is 5.02 Å². The minimum Gasteiger partial charge on any atom is -0.343 e. The third-order valence-electron chi connectivity index (χ3n) is 3.73. The molecule has 3 rings (SSSR count). The largest absolute Gasteiger partial charge is 0.343 e. The van der Waals surface area contributed by atoms with Gasteiger partial charge in [-0.25, -0.2) is 0 Å². The molecule has 19 heavy (non-hydrogen) atoms. The minimum absolute atomic E-state index is 0.410. The number of nitrogens with zero attached hydrogens (tertiary/aromatic N) is 1.